The molecule has 96 valence electrons. The summed E-state index contributed by atoms with van der Waals surface area (Å²) in [7, 11) is 3.99. The van der Waals surface area contributed by atoms with Crippen molar-refractivity contribution < 1.29 is 0 Å². The van der Waals surface area contributed by atoms with E-state index in [1.165, 1.54) is 6.42 Å². The van der Waals surface area contributed by atoms with E-state index in [0.717, 1.165) is 34.4 Å². The van der Waals surface area contributed by atoms with Gasteiger partial charge in [0.1, 0.15) is 10.6 Å². The highest BCUT2D eigenvalue weighted by Crippen LogP contribution is 2.39. The van der Waals surface area contributed by atoms with Gasteiger partial charge in [-0.25, -0.2) is 4.98 Å². The van der Waals surface area contributed by atoms with E-state index in [9.17, 15) is 0 Å². The zero-order valence-corrected chi connectivity index (χ0v) is 11.8. The van der Waals surface area contributed by atoms with Gasteiger partial charge in [0.25, 0.3) is 0 Å². The Morgan fingerprint density at radius 1 is 1.50 bits per heavy atom. The molecule has 2 aromatic heterocycles. The normalized spacial score (nSPS) is 22.2. The lowest BCUT2D eigenvalue weighted by Crippen LogP contribution is -2.22. The zero-order chi connectivity index (χ0) is 12.7. The van der Waals surface area contributed by atoms with Gasteiger partial charge in [-0.05, 0) is 29.7 Å². The fourth-order valence-electron chi connectivity index (χ4n) is 2.33. The van der Waals surface area contributed by atoms with Crippen molar-refractivity contribution in [2.75, 3.05) is 30.9 Å². The summed E-state index contributed by atoms with van der Waals surface area (Å²) in [6, 6.07) is 2.11. The van der Waals surface area contributed by atoms with Crippen LogP contribution >= 0.6 is 11.3 Å². The monoisotopic (exact) mass is 262 g/mol. The Morgan fingerprint density at radius 2 is 2.28 bits per heavy atom. The second kappa shape index (κ2) is 4.39. The lowest BCUT2D eigenvalue weighted by Gasteiger charge is -2.19. The highest BCUT2D eigenvalue weighted by molar-refractivity contribution is 7.16. The third-order valence-corrected chi connectivity index (χ3v) is 4.48. The highest BCUT2D eigenvalue weighted by Gasteiger charge is 2.33. The van der Waals surface area contributed by atoms with Crippen molar-refractivity contribution in [3.05, 3.63) is 11.4 Å². The van der Waals surface area contributed by atoms with E-state index < -0.39 is 0 Å². The summed E-state index contributed by atoms with van der Waals surface area (Å²) in [6.07, 6.45) is 1.35. The lowest BCUT2D eigenvalue weighted by molar-refractivity contribution is 0.721. The van der Waals surface area contributed by atoms with E-state index in [-0.39, 0.29) is 0 Å². The van der Waals surface area contributed by atoms with Crippen molar-refractivity contribution in [2.45, 2.75) is 13.3 Å². The first-order chi connectivity index (χ1) is 8.69. The average molecular weight is 262 g/mol. The number of nitrogens with zero attached hydrogens (tertiary/aromatic N) is 3. The predicted octanol–water partition coefficient (Wildman–Crippen LogP) is 2.83. The number of nitrogens with one attached hydrogen (secondary N) is 1. The number of thiophene rings is 1. The van der Waals surface area contributed by atoms with Crippen LogP contribution in [0, 0.1) is 11.8 Å². The largest absolute Gasteiger partial charge is 0.359 e. The van der Waals surface area contributed by atoms with Crippen molar-refractivity contribution in [3.8, 4) is 0 Å². The lowest BCUT2D eigenvalue weighted by atomic mass is 10.3. The van der Waals surface area contributed by atoms with Gasteiger partial charge in [-0.15, -0.1) is 11.3 Å². The third-order valence-electron chi connectivity index (χ3n) is 3.67. The van der Waals surface area contributed by atoms with E-state index in [4.69, 9.17) is 0 Å². The molecule has 3 rings (SSSR count). The molecule has 5 heteroatoms. The molecule has 2 aromatic rings. The average Bonchev–Trinajstić information content (AvgIpc) is 2.89. The summed E-state index contributed by atoms with van der Waals surface area (Å²) in [5.41, 5.74) is 0. The molecule has 0 bridgehead atoms. The third kappa shape index (κ3) is 2.03. The molecule has 4 nitrogen and oxygen atoms in total. The molecule has 1 aliphatic rings. The molecule has 2 heterocycles. The first kappa shape index (κ1) is 11.7. The summed E-state index contributed by atoms with van der Waals surface area (Å²) < 4.78 is 0. The van der Waals surface area contributed by atoms with Crippen LogP contribution in [0.15, 0.2) is 11.4 Å². The minimum absolute atomic E-state index is 0.704. The summed E-state index contributed by atoms with van der Waals surface area (Å²) in [6.45, 7) is 3.41. The van der Waals surface area contributed by atoms with Crippen molar-refractivity contribution in [3.63, 3.8) is 0 Å². The van der Waals surface area contributed by atoms with Crippen LogP contribution in [0.4, 0.5) is 11.8 Å². The minimum Gasteiger partial charge on any atom is -0.359 e. The molecule has 0 saturated heterocycles. The smallest absolute Gasteiger partial charge is 0.225 e. The molecule has 0 aliphatic heterocycles. The predicted molar refractivity (Wildman–Crippen MR) is 77.5 cm³/mol. The molecule has 18 heavy (non-hydrogen) atoms. The van der Waals surface area contributed by atoms with E-state index in [0.29, 0.717) is 5.95 Å². The number of hydrogen-bond acceptors (Lipinski definition) is 5. The molecule has 0 aromatic carbocycles. The molecule has 0 amide bonds. The van der Waals surface area contributed by atoms with Crippen LogP contribution in [-0.2, 0) is 0 Å². The van der Waals surface area contributed by atoms with E-state index in [1.807, 2.05) is 7.05 Å². The van der Waals surface area contributed by atoms with Gasteiger partial charge in [-0.1, -0.05) is 6.92 Å². The van der Waals surface area contributed by atoms with Gasteiger partial charge >= 0.3 is 0 Å². The molecular formula is C13H18N4S. The Kier molecular flexibility index (Phi) is 2.86. The number of fused-ring (bicyclic) bond motifs is 1. The summed E-state index contributed by atoms with van der Waals surface area (Å²) in [4.78, 5) is 12.4. The van der Waals surface area contributed by atoms with Gasteiger partial charge < -0.3 is 10.2 Å². The highest BCUT2D eigenvalue weighted by atomic mass is 32.1. The summed E-state index contributed by atoms with van der Waals surface area (Å²) in [5.74, 6) is 3.45. The van der Waals surface area contributed by atoms with Crippen LogP contribution in [0.25, 0.3) is 10.2 Å². The quantitative estimate of drug-likeness (QED) is 0.920. The van der Waals surface area contributed by atoms with Crippen LogP contribution in [0.2, 0.25) is 0 Å². The Hall–Kier alpha value is -1.36. The number of hydrogen-bond donors (Lipinski definition) is 1. The van der Waals surface area contributed by atoms with Gasteiger partial charge in [0.2, 0.25) is 5.95 Å². The van der Waals surface area contributed by atoms with Gasteiger partial charge in [0, 0.05) is 20.6 Å². The first-order valence-electron chi connectivity index (χ1n) is 6.33. The van der Waals surface area contributed by atoms with Crippen LogP contribution in [0.5, 0.6) is 0 Å². The van der Waals surface area contributed by atoms with Crippen molar-refractivity contribution in [2.24, 2.45) is 11.8 Å². The van der Waals surface area contributed by atoms with E-state index in [1.54, 1.807) is 11.3 Å². The maximum absolute atomic E-state index is 4.61. The second-order valence-electron chi connectivity index (χ2n) is 5.11. The first-order valence-corrected chi connectivity index (χ1v) is 7.21. The van der Waals surface area contributed by atoms with Crippen LogP contribution in [0.3, 0.4) is 0 Å². The minimum atomic E-state index is 0.704. The molecule has 0 spiro atoms. The van der Waals surface area contributed by atoms with Gasteiger partial charge in [-0.3, -0.25) is 0 Å². The van der Waals surface area contributed by atoms with E-state index >= 15 is 0 Å². The second-order valence-corrected chi connectivity index (χ2v) is 6.01. The Morgan fingerprint density at radius 3 is 2.94 bits per heavy atom. The Bertz CT molecular complexity index is 565. The van der Waals surface area contributed by atoms with Crippen molar-refractivity contribution in [1.82, 2.24) is 9.97 Å². The number of anilines is 2. The number of rotatable bonds is 4. The summed E-state index contributed by atoms with van der Waals surface area (Å²) >= 11 is 1.67. The van der Waals surface area contributed by atoms with Crippen LogP contribution < -0.4 is 10.2 Å². The van der Waals surface area contributed by atoms with Gasteiger partial charge in [-0.2, -0.15) is 4.98 Å². The molecule has 1 aliphatic carbocycles. The summed E-state index contributed by atoms with van der Waals surface area (Å²) in [5, 5.41) is 6.28. The zero-order valence-electron chi connectivity index (χ0n) is 11.0. The fourth-order valence-corrected chi connectivity index (χ4v) is 3.09. The van der Waals surface area contributed by atoms with Gasteiger partial charge in [0.15, 0.2) is 0 Å². The van der Waals surface area contributed by atoms with Crippen LogP contribution in [-0.4, -0.2) is 30.6 Å². The Balaban J connectivity index is 1.95. The van der Waals surface area contributed by atoms with Crippen LogP contribution in [0.1, 0.15) is 13.3 Å². The van der Waals surface area contributed by atoms with Crippen molar-refractivity contribution in [1.29, 1.82) is 0 Å². The van der Waals surface area contributed by atoms with E-state index in [2.05, 4.69) is 45.6 Å². The Labute approximate surface area is 111 Å². The molecule has 1 fully saturated rings. The molecule has 2 unspecified atom stereocenters. The topological polar surface area (TPSA) is 41.1 Å². The maximum atomic E-state index is 4.61. The van der Waals surface area contributed by atoms with Gasteiger partial charge in [0.05, 0.1) is 5.39 Å². The molecule has 1 saturated carbocycles. The SMILES string of the molecule is CNc1nc(N(C)CC2CC2C)c2ccsc2n1. The van der Waals surface area contributed by atoms with Crippen molar-refractivity contribution >= 4 is 33.3 Å². The number of aromatic nitrogens is 2. The molecule has 1 N–H and O–H groups in total. The fraction of sp³-hybridized carbons (Fsp3) is 0.538. The maximum Gasteiger partial charge on any atom is 0.225 e. The molecule has 2 atom stereocenters. The standard InChI is InChI=1S/C13H18N4S/c1-8-6-9(8)7-17(3)11-10-4-5-18-12(10)16-13(14-2)15-11/h4-5,8-9H,6-7H2,1-3H3,(H,14,15,16). The molecule has 0 radical (unpaired) electrons. The molecular weight excluding hydrogens is 244 g/mol.